The average Bonchev–Trinajstić information content (AvgIpc) is 3.50. The third-order valence-corrected chi connectivity index (χ3v) is 11.7. The van der Waals surface area contributed by atoms with E-state index in [1.54, 1.807) is 43.1 Å². The van der Waals surface area contributed by atoms with E-state index in [4.69, 9.17) is 15.2 Å². The number of hydrogen-bond donors (Lipinski definition) is 3. The van der Waals surface area contributed by atoms with Gasteiger partial charge in [-0.25, -0.2) is 0 Å². The van der Waals surface area contributed by atoms with Crippen molar-refractivity contribution in [3.63, 3.8) is 0 Å². The number of nitrogens with two attached hydrogens (primary N) is 1. The molecule has 4 N–H and O–H groups in total. The third-order valence-electron chi connectivity index (χ3n) is 11.7. The van der Waals surface area contributed by atoms with E-state index in [1.165, 1.54) is 19.1 Å². The fraction of sp³-hybridized carbons (Fsp3) is 0.738. The van der Waals surface area contributed by atoms with E-state index in [0.29, 0.717) is 12.1 Å². The zero-order valence-corrected chi connectivity index (χ0v) is 35.4. The lowest BCUT2D eigenvalue weighted by atomic mass is 9.83. The van der Waals surface area contributed by atoms with Crippen LogP contribution in [0.2, 0.25) is 0 Å². The van der Waals surface area contributed by atoms with E-state index in [1.807, 2.05) is 60.5 Å². The van der Waals surface area contributed by atoms with Gasteiger partial charge in [-0.1, -0.05) is 67.0 Å². The number of ether oxygens (including phenoxy) is 2. The Morgan fingerprint density at radius 2 is 1.49 bits per heavy atom. The Morgan fingerprint density at radius 1 is 0.891 bits per heavy atom. The van der Waals surface area contributed by atoms with Crippen LogP contribution in [0, 0.1) is 35.5 Å². The number of likely N-dealkylation sites (tertiary alicyclic amines) is 1. The number of β-amino-alcohol motifs (C(OH)–C–C–N with tert-alkyl or cyclic N) is 1. The molecule has 0 spiro atoms. The summed E-state index contributed by atoms with van der Waals surface area (Å²) in [7, 11) is 8.42. The number of ketones is 2. The van der Waals surface area contributed by atoms with Gasteiger partial charge in [0.05, 0.1) is 48.8 Å². The molecular formula is C42H70N4O9. The second kappa shape index (κ2) is 21.8. The molecule has 1 aliphatic rings. The molecule has 1 aromatic carbocycles. The van der Waals surface area contributed by atoms with Crippen molar-refractivity contribution in [2.24, 2.45) is 35.5 Å². The van der Waals surface area contributed by atoms with Gasteiger partial charge in [-0.15, -0.1) is 0 Å². The Labute approximate surface area is 329 Å². The summed E-state index contributed by atoms with van der Waals surface area (Å²) in [6.45, 7) is 13.6. The normalized spacial score (nSPS) is 20.5. The van der Waals surface area contributed by atoms with E-state index in [2.05, 4.69) is 0 Å². The van der Waals surface area contributed by atoms with Crippen molar-refractivity contribution < 1.29 is 43.7 Å². The number of aliphatic carboxylic acids is 1. The van der Waals surface area contributed by atoms with Crippen molar-refractivity contribution >= 4 is 35.0 Å². The number of rotatable bonds is 23. The minimum absolute atomic E-state index is 0.0123. The van der Waals surface area contributed by atoms with Gasteiger partial charge >= 0.3 is 5.97 Å². The maximum atomic E-state index is 14.3. The van der Waals surface area contributed by atoms with Crippen molar-refractivity contribution in [3.8, 4) is 0 Å². The summed E-state index contributed by atoms with van der Waals surface area (Å²) in [5, 5.41) is 20.8. The Hall–Kier alpha value is -3.39. The summed E-state index contributed by atoms with van der Waals surface area (Å²) in [6, 6.07) is 5.37. The molecule has 312 valence electrons. The Kier molecular flexibility index (Phi) is 18.9. The van der Waals surface area contributed by atoms with Crippen molar-refractivity contribution in [1.82, 2.24) is 14.7 Å². The molecule has 1 aliphatic heterocycles. The molecule has 0 saturated carbocycles. The average molecular weight is 775 g/mol. The van der Waals surface area contributed by atoms with Crippen LogP contribution < -0.4 is 5.73 Å². The molecule has 0 bridgehead atoms. The van der Waals surface area contributed by atoms with Gasteiger partial charge in [0.15, 0.2) is 5.78 Å². The number of carboxylic acids is 1. The monoisotopic (exact) mass is 775 g/mol. The van der Waals surface area contributed by atoms with Crippen LogP contribution in [-0.2, 0) is 39.9 Å². The van der Waals surface area contributed by atoms with E-state index in [9.17, 15) is 34.2 Å². The summed E-state index contributed by atoms with van der Waals surface area (Å²) in [5.41, 5.74) is 7.07. The number of anilines is 1. The molecule has 10 atom stereocenters. The number of nitrogen functional groups attached to an aromatic ring is 1. The molecule has 13 nitrogen and oxygen atoms in total. The standard InChI is InChI=1S/C42H70N4O9/c1-13-26(6)39(45(10)41(51)32(24(2)3)21-35(49)38(25(4)5)44(8)9)36(54-11)22-37(50)46-23-31(47)20-33(46)40(55-12)27(7)34(48)19-29(42(52)53)18-28-14-16-30(43)17-15-28/h14-17,24-27,29,31-33,36,38-40,47H,13,18-23,43H2,1-12H3,(H,52,53)/t26-,27-,29+,31+,32-,33-,36+,38-,39-,40+/m0/s1. The Balaban J connectivity index is 2.32. The Bertz CT molecular complexity index is 1410. The number of aliphatic hydroxyl groups is 1. The number of likely N-dealkylation sites (N-methyl/N-ethyl adjacent to an activating group) is 2. The van der Waals surface area contributed by atoms with Gasteiger partial charge in [-0.05, 0) is 62.4 Å². The van der Waals surface area contributed by atoms with Gasteiger partial charge in [-0.2, -0.15) is 0 Å². The van der Waals surface area contributed by atoms with Crippen LogP contribution in [-0.4, -0.2) is 133 Å². The second-order valence-electron chi connectivity index (χ2n) is 16.6. The highest BCUT2D eigenvalue weighted by Gasteiger charge is 2.45. The molecule has 0 aromatic heterocycles. The van der Waals surface area contributed by atoms with E-state index < -0.39 is 54.1 Å². The first-order valence-corrected chi connectivity index (χ1v) is 19.8. The van der Waals surface area contributed by atoms with Crippen LogP contribution in [0.3, 0.4) is 0 Å². The summed E-state index contributed by atoms with van der Waals surface area (Å²) in [5.74, 6) is -4.32. The predicted octanol–water partition coefficient (Wildman–Crippen LogP) is 4.18. The van der Waals surface area contributed by atoms with Crippen LogP contribution in [0.5, 0.6) is 0 Å². The second-order valence-corrected chi connectivity index (χ2v) is 16.6. The molecule has 0 radical (unpaired) electrons. The molecule has 1 aromatic rings. The minimum Gasteiger partial charge on any atom is -0.481 e. The zero-order chi connectivity index (χ0) is 41.9. The smallest absolute Gasteiger partial charge is 0.307 e. The molecule has 1 heterocycles. The molecule has 1 fully saturated rings. The van der Waals surface area contributed by atoms with Crippen LogP contribution in [0.25, 0.3) is 0 Å². The molecule has 0 unspecified atom stereocenters. The topological polar surface area (TPSA) is 180 Å². The molecular weight excluding hydrogens is 704 g/mol. The summed E-state index contributed by atoms with van der Waals surface area (Å²) in [6.07, 6.45) is -1.60. The Morgan fingerprint density at radius 3 is 1.96 bits per heavy atom. The molecule has 55 heavy (non-hydrogen) atoms. The van der Waals surface area contributed by atoms with Gasteiger partial charge in [0.25, 0.3) is 0 Å². The number of aliphatic hydroxyl groups excluding tert-OH is 1. The predicted molar refractivity (Wildman–Crippen MR) is 213 cm³/mol. The van der Waals surface area contributed by atoms with E-state index in [-0.39, 0.29) is 85.8 Å². The lowest BCUT2D eigenvalue weighted by Crippen LogP contribution is -2.54. The summed E-state index contributed by atoms with van der Waals surface area (Å²) < 4.78 is 11.8. The van der Waals surface area contributed by atoms with Crippen molar-refractivity contribution in [2.45, 2.75) is 123 Å². The van der Waals surface area contributed by atoms with Crippen LogP contribution >= 0.6 is 0 Å². The lowest BCUT2D eigenvalue weighted by Gasteiger charge is -2.41. The number of carboxylic acid groups (broad SMARTS) is 1. The largest absolute Gasteiger partial charge is 0.481 e. The first kappa shape index (κ1) is 47.8. The van der Waals surface area contributed by atoms with Crippen molar-refractivity contribution in [1.29, 1.82) is 0 Å². The first-order chi connectivity index (χ1) is 25.7. The van der Waals surface area contributed by atoms with Crippen LogP contribution in [0.4, 0.5) is 5.69 Å². The number of benzene rings is 1. The summed E-state index contributed by atoms with van der Waals surface area (Å²) >= 11 is 0. The maximum Gasteiger partial charge on any atom is 0.307 e. The molecule has 13 heteroatoms. The number of amides is 2. The third kappa shape index (κ3) is 12.8. The highest BCUT2D eigenvalue weighted by Crippen LogP contribution is 2.32. The fourth-order valence-electron chi connectivity index (χ4n) is 8.41. The molecule has 1 saturated heterocycles. The number of nitrogens with zero attached hydrogens (tertiary/aromatic N) is 3. The number of carbonyl (C=O) groups is 5. The lowest BCUT2D eigenvalue weighted by molar-refractivity contribution is -0.149. The van der Waals surface area contributed by atoms with Gasteiger partial charge in [-0.3, -0.25) is 28.9 Å². The van der Waals surface area contributed by atoms with Crippen LogP contribution in [0.15, 0.2) is 24.3 Å². The van der Waals surface area contributed by atoms with E-state index >= 15 is 0 Å². The fourth-order valence-corrected chi connectivity index (χ4v) is 8.41. The molecule has 0 aliphatic carbocycles. The van der Waals surface area contributed by atoms with Gasteiger partial charge < -0.3 is 35.2 Å². The van der Waals surface area contributed by atoms with Gasteiger partial charge in [0.2, 0.25) is 11.8 Å². The van der Waals surface area contributed by atoms with Crippen molar-refractivity contribution in [3.05, 3.63) is 29.8 Å². The van der Waals surface area contributed by atoms with Gasteiger partial charge in [0, 0.05) is 58.2 Å². The highest BCUT2D eigenvalue weighted by molar-refractivity contribution is 5.90. The summed E-state index contributed by atoms with van der Waals surface area (Å²) in [4.78, 5) is 73.0. The number of hydrogen-bond acceptors (Lipinski definition) is 10. The SMILES string of the molecule is CC[C@H](C)[C@@H]([C@@H](CC(=O)N1C[C@H](O)C[C@H]1[C@H](OC)[C@@H](C)C(=O)C[C@@H](Cc1ccc(N)cc1)C(=O)O)OC)N(C)C(=O)[C@@H](CC(=O)[C@H](C(C)C)N(C)C)C(C)C. The number of methoxy groups -OCH3 is 2. The molecule has 2 rings (SSSR count). The number of carbonyl (C=O) groups excluding carboxylic acids is 4. The minimum atomic E-state index is -1.09. The van der Waals surface area contributed by atoms with E-state index in [0.717, 1.165) is 5.56 Å². The molecule has 2 amide bonds. The van der Waals surface area contributed by atoms with Gasteiger partial charge in [0.1, 0.15) is 5.78 Å². The number of Topliss-reactive ketones (excluding diaryl/α,β-unsaturated/α-hetero) is 2. The van der Waals surface area contributed by atoms with Crippen LogP contribution in [0.1, 0.15) is 86.1 Å². The zero-order valence-electron chi connectivity index (χ0n) is 35.4. The van der Waals surface area contributed by atoms with Crippen molar-refractivity contribution in [2.75, 3.05) is 47.6 Å². The maximum absolute atomic E-state index is 14.3. The highest BCUT2D eigenvalue weighted by atomic mass is 16.5. The first-order valence-electron chi connectivity index (χ1n) is 19.8. The quantitative estimate of drug-likeness (QED) is 0.136.